The second-order valence-electron chi connectivity index (χ2n) is 2.91. The molecule has 0 saturated carbocycles. The minimum absolute atomic E-state index is 0.721. The van der Waals surface area contributed by atoms with Crippen molar-refractivity contribution in [2.24, 2.45) is 0 Å². The number of aromatic amines is 1. The Morgan fingerprint density at radius 3 is 2.64 bits per heavy atom. The highest BCUT2D eigenvalue weighted by atomic mass is 79.9. The molecule has 0 aliphatic heterocycles. The van der Waals surface area contributed by atoms with Gasteiger partial charge in [-0.1, -0.05) is 45.4 Å². The van der Waals surface area contributed by atoms with Crippen LogP contribution in [0.4, 0.5) is 0 Å². The third-order valence-corrected chi connectivity index (χ3v) is 2.60. The zero-order valence-corrected chi connectivity index (χ0v) is 9.03. The molecule has 5 heteroatoms. The number of H-pyrrole nitrogens is 1. The Morgan fingerprint density at radius 2 is 2.00 bits per heavy atom. The summed E-state index contributed by atoms with van der Waals surface area (Å²) in [5.74, 6) is 0.721. The third-order valence-electron chi connectivity index (χ3n) is 2.00. The molecule has 0 fully saturated rings. The van der Waals surface area contributed by atoms with Crippen molar-refractivity contribution < 1.29 is 0 Å². The lowest BCUT2D eigenvalue weighted by Crippen LogP contribution is -1.95. The number of rotatable bonds is 3. The first kappa shape index (κ1) is 9.33. The topological polar surface area (TPSA) is 54.5 Å². The van der Waals surface area contributed by atoms with Crippen LogP contribution in [0.1, 0.15) is 17.0 Å². The molecule has 1 aromatic carbocycles. The molecular weight excluding hydrogens is 244 g/mol. The molecule has 1 N–H and O–H groups in total. The van der Waals surface area contributed by atoms with Crippen LogP contribution < -0.4 is 0 Å². The Morgan fingerprint density at radius 1 is 1.21 bits per heavy atom. The first-order valence-corrected chi connectivity index (χ1v) is 5.37. The fraction of sp³-hybridized carbons (Fsp3) is 0.222. The molecule has 2 rings (SSSR count). The largest absolute Gasteiger partial charge is 0.178 e. The summed E-state index contributed by atoms with van der Waals surface area (Å²) in [6.07, 6.45) is 0.721. The molecule has 14 heavy (non-hydrogen) atoms. The van der Waals surface area contributed by atoms with E-state index in [2.05, 4.69) is 48.7 Å². The Labute approximate surface area is 89.9 Å². The molecule has 0 aliphatic carbocycles. The van der Waals surface area contributed by atoms with Crippen molar-refractivity contribution in [3.63, 3.8) is 0 Å². The van der Waals surface area contributed by atoms with Crippen molar-refractivity contribution in [1.29, 1.82) is 0 Å². The summed E-state index contributed by atoms with van der Waals surface area (Å²) in [7, 11) is 0. The van der Waals surface area contributed by atoms with Gasteiger partial charge in [0.05, 0.1) is 0 Å². The quantitative estimate of drug-likeness (QED) is 0.847. The summed E-state index contributed by atoms with van der Waals surface area (Å²) in [4.78, 5) is 0. The number of tetrazole rings is 1. The van der Waals surface area contributed by atoms with Gasteiger partial charge in [0, 0.05) is 11.8 Å². The fourth-order valence-corrected chi connectivity index (χ4v) is 1.84. The predicted octanol–water partition coefficient (Wildman–Crippen LogP) is 1.69. The molecule has 0 bridgehead atoms. The van der Waals surface area contributed by atoms with E-state index in [4.69, 9.17) is 0 Å². The molecular formula is C9H9BrN4. The summed E-state index contributed by atoms with van der Waals surface area (Å²) in [6, 6.07) is 8.20. The first-order valence-electron chi connectivity index (χ1n) is 4.25. The van der Waals surface area contributed by atoms with Gasteiger partial charge in [-0.25, -0.2) is 0 Å². The number of benzene rings is 1. The van der Waals surface area contributed by atoms with Gasteiger partial charge in [0.1, 0.15) is 0 Å². The zero-order chi connectivity index (χ0) is 9.80. The van der Waals surface area contributed by atoms with Crippen molar-refractivity contribution >= 4 is 15.9 Å². The predicted molar refractivity (Wildman–Crippen MR) is 56.1 cm³/mol. The van der Waals surface area contributed by atoms with E-state index in [1.165, 1.54) is 11.1 Å². The molecule has 0 unspecified atom stereocenters. The van der Waals surface area contributed by atoms with Crippen LogP contribution in [0.3, 0.4) is 0 Å². The van der Waals surface area contributed by atoms with Crippen LogP contribution in [-0.2, 0) is 11.8 Å². The monoisotopic (exact) mass is 252 g/mol. The molecule has 0 saturated heterocycles. The zero-order valence-electron chi connectivity index (χ0n) is 7.44. The minimum atomic E-state index is 0.721. The van der Waals surface area contributed by atoms with Gasteiger partial charge in [-0.05, 0) is 11.1 Å². The van der Waals surface area contributed by atoms with E-state index in [0.717, 1.165) is 17.6 Å². The lowest BCUT2D eigenvalue weighted by molar-refractivity contribution is 0.881. The normalized spacial score (nSPS) is 10.4. The van der Waals surface area contributed by atoms with Crippen LogP contribution in [0.5, 0.6) is 0 Å². The molecule has 0 aliphatic rings. The van der Waals surface area contributed by atoms with E-state index in [-0.39, 0.29) is 0 Å². The Kier molecular flexibility index (Phi) is 2.88. The first-order chi connectivity index (χ1) is 6.90. The van der Waals surface area contributed by atoms with Crippen LogP contribution in [0.25, 0.3) is 0 Å². The second kappa shape index (κ2) is 4.32. The number of aromatic nitrogens is 4. The van der Waals surface area contributed by atoms with Gasteiger partial charge in [-0.3, -0.25) is 0 Å². The number of hydrogen-bond acceptors (Lipinski definition) is 3. The number of alkyl halides is 1. The standard InChI is InChI=1S/C9H9BrN4/c10-6-8-4-2-1-3-7(8)5-9-11-13-14-12-9/h1-4H,5-6H2,(H,11,12,13,14). The van der Waals surface area contributed by atoms with Gasteiger partial charge in [-0.2, -0.15) is 5.21 Å². The summed E-state index contributed by atoms with van der Waals surface area (Å²) < 4.78 is 0. The Bertz CT molecular complexity index is 399. The van der Waals surface area contributed by atoms with Gasteiger partial charge in [-0.15, -0.1) is 10.2 Å². The van der Waals surface area contributed by atoms with E-state index in [0.29, 0.717) is 0 Å². The average Bonchev–Trinajstić information content (AvgIpc) is 2.71. The lowest BCUT2D eigenvalue weighted by Gasteiger charge is -2.03. The van der Waals surface area contributed by atoms with E-state index in [1.807, 2.05) is 12.1 Å². The minimum Gasteiger partial charge on any atom is -0.177 e. The molecule has 4 nitrogen and oxygen atoms in total. The van der Waals surface area contributed by atoms with E-state index < -0.39 is 0 Å². The van der Waals surface area contributed by atoms with Crippen LogP contribution in [0.15, 0.2) is 24.3 Å². The summed E-state index contributed by atoms with van der Waals surface area (Å²) >= 11 is 3.45. The highest BCUT2D eigenvalue weighted by molar-refractivity contribution is 9.08. The van der Waals surface area contributed by atoms with Crippen LogP contribution in [0, 0.1) is 0 Å². The SMILES string of the molecule is BrCc1ccccc1Cc1nn[nH]n1. The van der Waals surface area contributed by atoms with E-state index in [9.17, 15) is 0 Å². The van der Waals surface area contributed by atoms with E-state index >= 15 is 0 Å². The molecule has 0 amide bonds. The van der Waals surface area contributed by atoms with Crippen molar-refractivity contribution in [2.75, 3.05) is 0 Å². The molecule has 1 heterocycles. The number of halogens is 1. The van der Waals surface area contributed by atoms with Crippen molar-refractivity contribution in [2.45, 2.75) is 11.8 Å². The molecule has 2 aromatic rings. The van der Waals surface area contributed by atoms with Gasteiger partial charge in [0.25, 0.3) is 0 Å². The Balaban J connectivity index is 2.24. The van der Waals surface area contributed by atoms with Crippen LogP contribution in [-0.4, -0.2) is 20.6 Å². The highest BCUT2D eigenvalue weighted by Crippen LogP contribution is 2.14. The van der Waals surface area contributed by atoms with Crippen LogP contribution >= 0.6 is 15.9 Å². The van der Waals surface area contributed by atoms with Gasteiger partial charge < -0.3 is 0 Å². The number of hydrogen-bond donors (Lipinski definition) is 1. The molecule has 0 radical (unpaired) electrons. The molecule has 72 valence electrons. The fourth-order valence-electron chi connectivity index (χ4n) is 1.29. The maximum Gasteiger partial charge on any atom is 0.178 e. The van der Waals surface area contributed by atoms with E-state index in [1.54, 1.807) is 0 Å². The van der Waals surface area contributed by atoms with Crippen molar-refractivity contribution in [3.05, 3.63) is 41.2 Å². The van der Waals surface area contributed by atoms with Crippen LogP contribution in [0.2, 0.25) is 0 Å². The van der Waals surface area contributed by atoms with Gasteiger partial charge in [0.15, 0.2) is 5.82 Å². The number of nitrogens with zero attached hydrogens (tertiary/aromatic N) is 3. The second-order valence-corrected chi connectivity index (χ2v) is 3.47. The van der Waals surface area contributed by atoms with Gasteiger partial charge in [0.2, 0.25) is 0 Å². The van der Waals surface area contributed by atoms with Crippen molar-refractivity contribution in [3.8, 4) is 0 Å². The molecule has 1 aromatic heterocycles. The summed E-state index contributed by atoms with van der Waals surface area (Å²) in [5, 5.41) is 14.7. The summed E-state index contributed by atoms with van der Waals surface area (Å²) in [6.45, 7) is 0. The maximum absolute atomic E-state index is 3.92. The molecule has 0 atom stereocenters. The van der Waals surface area contributed by atoms with Crippen molar-refractivity contribution in [1.82, 2.24) is 20.6 Å². The Hall–Kier alpha value is -1.23. The van der Waals surface area contributed by atoms with Gasteiger partial charge >= 0.3 is 0 Å². The molecule has 0 spiro atoms. The average molecular weight is 253 g/mol. The lowest BCUT2D eigenvalue weighted by atomic mass is 10.1. The maximum atomic E-state index is 3.92. The number of nitrogens with one attached hydrogen (secondary N) is 1. The summed E-state index contributed by atoms with van der Waals surface area (Å²) in [5.41, 5.74) is 2.49. The smallest absolute Gasteiger partial charge is 0.177 e. The highest BCUT2D eigenvalue weighted by Gasteiger charge is 2.04. The third kappa shape index (κ3) is 1.98.